The number of benzene rings is 1. The third kappa shape index (κ3) is 3.83. The van der Waals surface area contributed by atoms with Crippen LogP contribution in [0, 0.1) is 11.6 Å². The highest BCUT2D eigenvalue weighted by Crippen LogP contribution is 2.24. The number of urea groups is 1. The fraction of sp³-hybridized carbons (Fsp3) is 0.533. The summed E-state index contributed by atoms with van der Waals surface area (Å²) in [6.45, 7) is 4.51. The van der Waals surface area contributed by atoms with Crippen molar-refractivity contribution in [2.24, 2.45) is 0 Å². The molecule has 0 aliphatic carbocycles. The van der Waals surface area contributed by atoms with E-state index in [1.54, 1.807) is 9.80 Å². The van der Waals surface area contributed by atoms with Gasteiger partial charge >= 0.3 is 6.03 Å². The number of halogens is 2. The molecule has 0 spiro atoms. The summed E-state index contributed by atoms with van der Waals surface area (Å²) in [5, 5.41) is 2.85. The summed E-state index contributed by atoms with van der Waals surface area (Å²) in [6, 6.07) is 3.76. The first kappa shape index (κ1) is 15.5. The summed E-state index contributed by atoms with van der Waals surface area (Å²) in [7, 11) is 0. The van der Waals surface area contributed by atoms with Gasteiger partial charge < -0.3 is 15.1 Å². The highest BCUT2D eigenvalue weighted by Gasteiger charge is 2.24. The molecule has 1 aliphatic rings. The lowest BCUT2D eigenvalue weighted by Crippen LogP contribution is -2.52. The number of anilines is 1. The molecule has 1 aromatic rings. The summed E-state index contributed by atoms with van der Waals surface area (Å²) in [5.41, 5.74) is 0.00328. The lowest BCUT2D eigenvalue weighted by Gasteiger charge is -2.36. The molecule has 1 N–H and O–H groups in total. The molecular formula is C15H21F2N3O. The first-order chi connectivity index (χ1) is 10.1. The summed E-state index contributed by atoms with van der Waals surface area (Å²) in [6.07, 6.45) is 1.98. The molecule has 0 aromatic heterocycles. The van der Waals surface area contributed by atoms with E-state index in [0.29, 0.717) is 32.7 Å². The highest BCUT2D eigenvalue weighted by molar-refractivity contribution is 5.74. The van der Waals surface area contributed by atoms with Gasteiger partial charge in [0.25, 0.3) is 0 Å². The monoisotopic (exact) mass is 297 g/mol. The van der Waals surface area contributed by atoms with Crippen LogP contribution in [0.5, 0.6) is 0 Å². The van der Waals surface area contributed by atoms with Crippen molar-refractivity contribution in [1.82, 2.24) is 10.2 Å². The van der Waals surface area contributed by atoms with Crippen molar-refractivity contribution in [3.05, 3.63) is 29.8 Å². The number of carbonyl (C=O) groups excluding carboxylic acids is 1. The lowest BCUT2D eigenvalue weighted by molar-refractivity contribution is 0.194. The largest absolute Gasteiger partial charge is 0.363 e. The number of carbonyl (C=O) groups is 1. The smallest absolute Gasteiger partial charge is 0.317 e. The van der Waals surface area contributed by atoms with Crippen LogP contribution in [0.1, 0.15) is 19.8 Å². The number of nitrogens with zero attached hydrogens (tertiary/aromatic N) is 2. The van der Waals surface area contributed by atoms with Crippen LogP contribution >= 0.6 is 0 Å². The van der Waals surface area contributed by atoms with Crippen LogP contribution in [-0.2, 0) is 0 Å². The Balaban J connectivity index is 1.90. The minimum absolute atomic E-state index is 0.00328. The van der Waals surface area contributed by atoms with Crippen LogP contribution in [0.15, 0.2) is 18.2 Å². The number of rotatable bonds is 4. The van der Waals surface area contributed by atoms with Crippen molar-refractivity contribution in [3.63, 3.8) is 0 Å². The molecular weight excluding hydrogens is 276 g/mol. The van der Waals surface area contributed by atoms with Crippen LogP contribution in [0.2, 0.25) is 0 Å². The van der Waals surface area contributed by atoms with E-state index in [0.717, 1.165) is 12.8 Å². The Morgan fingerprint density at radius 2 is 1.81 bits per heavy atom. The molecule has 2 amide bonds. The van der Waals surface area contributed by atoms with Gasteiger partial charge in [-0.1, -0.05) is 19.4 Å². The lowest BCUT2D eigenvalue weighted by atomic mass is 10.2. The topological polar surface area (TPSA) is 35.6 Å². The van der Waals surface area contributed by atoms with E-state index in [-0.39, 0.29) is 11.7 Å². The molecule has 6 heteroatoms. The SMILES string of the molecule is CCCCNC(=O)N1CCN(c2c(F)cccc2F)CC1. The summed E-state index contributed by atoms with van der Waals surface area (Å²) in [5.74, 6) is -1.12. The Bertz CT molecular complexity index is 468. The van der Waals surface area contributed by atoms with Gasteiger partial charge in [-0.25, -0.2) is 13.6 Å². The van der Waals surface area contributed by atoms with Gasteiger partial charge in [0.1, 0.15) is 17.3 Å². The van der Waals surface area contributed by atoms with Crippen LogP contribution in [0.25, 0.3) is 0 Å². The maximum Gasteiger partial charge on any atom is 0.317 e. The molecule has 2 rings (SSSR count). The maximum absolute atomic E-state index is 13.7. The molecule has 0 atom stereocenters. The Kier molecular flexibility index (Phi) is 5.36. The van der Waals surface area contributed by atoms with Crippen LogP contribution < -0.4 is 10.2 Å². The van der Waals surface area contributed by atoms with Crippen molar-refractivity contribution in [2.75, 3.05) is 37.6 Å². The number of amides is 2. The quantitative estimate of drug-likeness (QED) is 0.867. The minimum Gasteiger partial charge on any atom is -0.363 e. The third-order valence-electron chi connectivity index (χ3n) is 3.63. The number of piperazine rings is 1. The van der Waals surface area contributed by atoms with E-state index >= 15 is 0 Å². The molecule has 0 radical (unpaired) electrons. The molecule has 21 heavy (non-hydrogen) atoms. The predicted molar refractivity (Wildman–Crippen MR) is 78.5 cm³/mol. The Morgan fingerprint density at radius 3 is 2.38 bits per heavy atom. The zero-order chi connectivity index (χ0) is 15.2. The van der Waals surface area contributed by atoms with E-state index in [4.69, 9.17) is 0 Å². The van der Waals surface area contributed by atoms with Crippen LogP contribution in [0.3, 0.4) is 0 Å². The first-order valence-corrected chi connectivity index (χ1v) is 7.35. The normalized spacial score (nSPS) is 15.2. The number of para-hydroxylation sites is 1. The molecule has 116 valence electrons. The molecule has 1 aliphatic heterocycles. The Labute approximate surface area is 123 Å². The number of hydrogen-bond acceptors (Lipinski definition) is 2. The van der Waals surface area contributed by atoms with Crippen LogP contribution in [0.4, 0.5) is 19.3 Å². The molecule has 0 unspecified atom stereocenters. The molecule has 1 saturated heterocycles. The molecule has 1 aromatic carbocycles. The molecule has 0 bridgehead atoms. The van der Waals surface area contributed by atoms with Gasteiger partial charge in [0.2, 0.25) is 0 Å². The molecule has 4 nitrogen and oxygen atoms in total. The Hall–Kier alpha value is -1.85. The van der Waals surface area contributed by atoms with Crippen LogP contribution in [-0.4, -0.2) is 43.7 Å². The van der Waals surface area contributed by atoms with Crippen molar-refractivity contribution < 1.29 is 13.6 Å². The summed E-state index contributed by atoms with van der Waals surface area (Å²) < 4.78 is 27.4. The summed E-state index contributed by atoms with van der Waals surface area (Å²) in [4.78, 5) is 15.2. The zero-order valence-electron chi connectivity index (χ0n) is 12.2. The van der Waals surface area contributed by atoms with Gasteiger partial charge in [0, 0.05) is 32.7 Å². The van der Waals surface area contributed by atoms with Gasteiger partial charge in [-0.15, -0.1) is 0 Å². The molecule has 0 saturated carbocycles. The third-order valence-corrected chi connectivity index (χ3v) is 3.63. The van der Waals surface area contributed by atoms with Gasteiger partial charge in [0.05, 0.1) is 0 Å². The van der Waals surface area contributed by atoms with Crippen molar-refractivity contribution >= 4 is 11.7 Å². The van der Waals surface area contributed by atoms with Crippen molar-refractivity contribution in [2.45, 2.75) is 19.8 Å². The number of unbranched alkanes of at least 4 members (excludes halogenated alkanes) is 1. The fourth-order valence-corrected chi connectivity index (χ4v) is 2.41. The summed E-state index contributed by atoms with van der Waals surface area (Å²) >= 11 is 0. The van der Waals surface area contributed by atoms with Gasteiger partial charge in [-0.2, -0.15) is 0 Å². The second-order valence-corrected chi connectivity index (χ2v) is 5.13. The number of hydrogen-bond donors (Lipinski definition) is 1. The minimum atomic E-state index is -0.559. The average molecular weight is 297 g/mol. The second kappa shape index (κ2) is 7.24. The zero-order valence-corrected chi connectivity index (χ0v) is 12.2. The van der Waals surface area contributed by atoms with E-state index in [1.807, 2.05) is 0 Å². The number of nitrogens with one attached hydrogen (secondary N) is 1. The second-order valence-electron chi connectivity index (χ2n) is 5.13. The van der Waals surface area contributed by atoms with Gasteiger partial charge in [-0.3, -0.25) is 0 Å². The fourth-order valence-electron chi connectivity index (χ4n) is 2.41. The predicted octanol–water partition coefficient (Wildman–Crippen LogP) is 2.60. The van der Waals surface area contributed by atoms with E-state index in [1.165, 1.54) is 18.2 Å². The molecule has 1 fully saturated rings. The standard InChI is InChI=1S/C15H21F2N3O/c1-2-3-7-18-15(21)20-10-8-19(9-11-20)14-12(16)5-4-6-13(14)17/h4-6H,2-3,7-11H2,1H3,(H,18,21). The van der Waals surface area contributed by atoms with E-state index < -0.39 is 11.6 Å². The Morgan fingerprint density at radius 1 is 1.19 bits per heavy atom. The van der Waals surface area contributed by atoms with Gasteiger partial charge in [0.15, 0.2) is 0 Å². The highest BCUT2D eigenvalue weighted by atomic mass is 19.1. The van der Waals surface area contributed by atoms with E-state index in [9.17, 15) is 13.6 Å². The van der Waals surface area contributed by atoms with Crippen molar-refractivity contribution in [1.29, 1.82) is 0 Å². The molecule has 1 heterocycles. The van der Waals surface area contributed by atoms with Gasteiger partial charge in [-0.05, 0) is 18.6 Å². The maximum atomic E-state index is 13.7. The first-order valence-electron chi connectivity index (χ1n) is 7.35. The van der Waals surface area contributed by atoms with Crippen molar-refractivity contribution in [3.8, 4) is 0 Å². The average Bonchev–Trinajstić information content (AvgIpc) is 2.48. The van der Waals surface area contributed by atoms with E-state index in [2.05, 4.69) is 12.2 Å².